The molecule has 0 spiro atoms. The Bertz CT molecular complexity index is 733. The van der Waals surface area contributed by atoms with Crippen LogP contribution in [0, 0.1) is 17.8 Å². The Kier molecular flexibility index (Phi) is 9.90. The lowest BCUT2D eigenvalue weighted by Crippen LogP contribution is -2.73. The summed E-state index contributed by atoms with van der Waals surface area (Å²) in [7, 11) is 1.72. The topological polar surface area (TPSA) is 142 Å². The van der Waals surface area contributed by atoms with E-state index in [1.165, 1.54) is 0 Å². The van der Waals surface area contributed by atoms with Gasteiger partial charge in [-0.25, -0.2) is 4.39 Å². The predicted octanol–water partition coefficient (Wildman–Crippen LogP) is -1.20. The first-order chi connectivity index (χ1) is 17.4. The van der Waals surface area contributed by atoms with Crippen molar-refractivity contribution in [1.29, 1.82) is 0 Å². The van der Waals surface area contributed by atoms with Crippen LogP contribution in [0.4, 0.5) is 4.39 Å². The number of hydrogen-bond acceptors (Lipinski definition) is 10. The molecule has 3 saturated heterocycles. The molecule has 3 heterocycles. The van der Waals surface area contributed by atoms with Crippen molar-refractivity contribution in [3.05, 3.63) is 0 Å². The van der Waals surface area contributed by atoms with Crippen LogP contribution >= 0.6 is 0 Å². The van der Waals surface area contributed by atoms with Gasteiger partial charge in [0.05, 0.1) is 36.9 Å². The number of nitrogens with one attached hydrogen (secondary N) is 5. The van der Waals surface area contributed by atoms with Gasteiger partial charge in [0.15, 0.2) is 0 Å². The molecule has 12 heteroatoms. The van der Waals surface area contributed by atoms with E-state index in [0.717, 1.165) is 45.2 Å². The van der Waals surface area contributed by atoms with E-state index in [4.69, 9.17) is 15.2 Å². The minimum absolute atomic E-state index is 0.00656. The molecule has 206 valence electrons. The van der Waals surface area contributed by atoms with Gasteiger partial charge in [-0.15, -0.1) is 0 Å². The molecule has 36 heavy (non-hydrogen) atoms. The van der Waals surface area contributed by atoms with Gasteiger partial charge in [-0.2, -0.15) is 0 Å². The average molecular weight is 514 g/mol. The van der Waals surface area contributed by atoms with Gasteiger partial charge in [-0.3, -0.25) is 41.1 Å². The molecule has 4 aliphatic rings. The number of esters is 1. The first-order valence-electron chi connectivity index (χ1n) is 13.5. The number of nitrogens with two attached hydrogens (primary N) is 1. The highest BCUT2D eigenvalue weighted by Gasteiger charge is 2.43. The summed E-state index contributed by atoms with van der Waals surface area (Å²) in [5.41, 5.74) is 5.78. The van der Waals surface area contributed by atoms with E-state index in [-0.39, 0.29) is 54.5 Å². The summed E-state index contributed by atoms with van der Waals surface area (Å²) in [5.74, 6) is -0.780. The second-order valence-electron chi connectivity index (χ2n) is 10.5. The number of ether oxygens (including phenoxy) is 2. The molecule has 0 bridgehead atoms. The number of nitrogens with zero attached hydrogens (tertiary/aromatic N) is 1. The van der Waals surface area contributed by atoms with Crippen LogP contribution in [0.1, 0.15) is 39.0 Å². The van der Waals surface area contributed by atoms with Crippen LogP contribution in [-0.2, 0) is 19.1 Å². The van der Waals surface area contributed by atoms with E-state index in [1.807, 2.05) is 6.92 Å². The van der Waals surface area contributed by atoms with Crippen molar-refractivity contribution in [2.45, 2.75) is 76.0 Å². The molecule has 0 aromatic rings. The summed E-state index contributed by atoms with van der Waals surface area (Å²) in [6.45, 7) is 4.88. The van der Waals surface area contributed by atoms with Gasteiger partial charge < -0.3 is 15.2 Å². The molecule has 4 fully saturated rings. The predicted molar refractivity (Wildman–Crippen MR) is 132 cm³/mol. The third kappa shape index (κ3) is 6.53. The van der Waals surface area contributed by atoms with Gasteiger partial charge in [0.2, 0.25) is 5.91 Å². The average Bonchev–Trinajstić information content (AvgIpc) is 2.89. The van der Waals surface area contributed by atoms with Gasteiger partial charge in [0.1, 0.15) is 12.5 Å². The molecule has 6 atom stereocenters. The second-order valence-corrected chi connectivity index (χ2v) is 10.5. The fourth-order valence-electron chi connectivity index (χ4n) is 6.28. The summed E-state index contributed by atoms with van der Waals surface area (Å²) < 4.78 is 24.8. The Morgan fingerprint density at radius 1 is 1.08 bits per heavy atom. The highest BCUT2D eigenvalue weighted by atomic mass is 19.1. The molecule has 1 amide bonds. The van der Waals surface area contributed by atoms with Crippen molar-refractivity contribution in [2.24, 2.45) is 23.5 Å². The Hall–Kier alpha value is -1.41. The van der Waals surface area contributed by atoms with Crippen molar-refractivity contribution in [2.75, 3.05) is 46.4 Å². The third-order valence-electron chi connectivity index (χ3n) is 8.23. The van der Waals surface area contributed by atoms with E-state index in [9.17, 15) is 14.0 Å². The molecule has 0 radical (unpaired) electrons. The quantitative estimate of drug-likeness (QED) is 0.219. The summed E-state index contributed by atoms with van der Waals surface area (Å²) in [5, 5.41) is 17.2. The van der Waals surface area contributed by atoms with E-state index < -0.39 is 12.1 Å². The van der Waals surface area contributed by atoms with E-state index in [1.54, 1.807) is 7.11 Å². The summed E-state index contributed by atoms with van der Waals surface area (Å²) in [6, 6.07) is 0.0214. The SMILES string of the molecule is CCOC(=O)C1CCN(C2NCC(C(N)=O)C(NC3CCCC(C4NCC(F)CN4)C3OC)N2)CC1. The number of alkyl halides is 1. The number of primary amides is 1. The zero-order valence-electron chi connectivity index (χ0n) is 21.5. The smallest absolute Gasteiger partial charge is 0.309 e. The zero-order chi connectivity index (χ0) is 25.7. The van der Waals surface area contributed by atoms with Gasteiger partial charge >= 0.3 is 5.97 Å². The van der Waals surface area contributed by atoms with Crippen LogP contribution in [0.5, 0.6) is 0 Å². The van der Waals surface area contributed by atoms with E-state index >= 15 is 0 Å². The molecule has 4 rings (SSSR count). The molecule has 7 N–H and O–H groups in total. The zero-order valence-corrected chi connectivity index (χ0v) is 21.5. The highest BCUT2D eigenvalue weighted by Crippen LogP contribution is 2.30. The Morgan fingerprint density at radius 3 is 2.44 bits per heavy atom. The largest absolute Gasteiger partial charge is 0.466 e. The van der Waals surface area contributed by atoms with Crippen LogP contribution in [-0.4, -0.2) is 100 Å². The fraction of sp³-hybridized carbons (Fsp3) is 0.917. The number of methoxy groups -OCH3 is 1. The lowest BCUT2D eigenvalue weighted by molar-refractivity contribution is -0.150. The standard InChI is InChI=1S/C24H44FN7O4/c1-3-36-23(34)14-7-9-32(10-8-14)24-29-13-17(20(26)33)22(31-24)30-18-6-4-5-16(19(18)35-2)21-27-11-15(25)12-28-21/h14-19,21-22,24,27-31H,3-13H2,1-2H3,(H2,26,33). The number of halogens is 1. The summed E-state index contributed by atoms with van der Waals surface area (Å²) in [4.78, 5) is 26.7. The maximum Gasteiger partial charge on any atom is 0.309 e. The number of likely N-dealkylation sites (tertiary alicyclic amines) is 1. The maximum atomic E-state index is 13.6. The van der Waals surface area contributed by atoms with Crippen LogP contribution in [0.3, 0.4) is 0 Å². The molecule has 11 nitrogen and oxygen atoms in total. The number of carbonyl (C=O) groups excluding carboxylic acids is 2. The number of carbonyl (C=O) groups is 2. The molecular formula is C24H44FN7O4. The van der Waals surface area contributed by atoms with E-state index in [0.29, 0.717) is 26.2 Å². The van der Waals surface area contributed by atoms with Crippen molar-refractivity contribution in [3.8, 4) is 0 Å². The molecule has 1 saturated carbocycles. The fourth-order valence-corrected chi connectivity index (χ4v) is 6.28. The van der Waals surface area contributed by atoms with Gasteiger partial charge in [-0.1, -0.05) is 6.42 Å². The minimum atomic E-state index is -0.880. The third-order valence-corrected chi connectivity index (χ3v) is 8.23. The highest BCUT2D eigenvalue weighted by molar-refractivity contribution is 5.77. The van der Waals surface area contributed by atoms with Crippen molar-refractivity contribution >= 4 is 11.9 Å². The first kappa shape index (κ1) is 27.6. The summed E-state index contributed by atoms with van der Waals surface area (Å²) >= 11 is 0. The Balaban J connectivity index is 1.38. The van der Waals surface area contributed by atoms with Gasteiger partial charge in [-0.05, 0) is 32.6 Å². The Morgan fingerprint density at radius 2 is 1.81 bits per heavy atom. The molecular weight excluding hydrogens is 469 g/mol. The van der Waals surface area contributed by atoms with Crippen LogP contribution in [0.2, 0.25) is 0 Å². The lowest BCUT2D eigenvalue weighted by atomic mass is 9.80. The van der Waals surface area contributed by atoms with Crippen LogP contribution < -0.4 is 32.3 Å². The summed E-state index contributed by atoms with van der Waals surface area (Å²) in [6.07, 6.45) is 2.96. The lowest BCUT2D eigenvalue weighted by Gasteiger charge is -2.48. The van der Waals surface area contributed by atoms with Gasteiger partial charge in [0, 0.05) is 51.8 Å². The normalized spacial score (nSPS) is 39.0. The van der Waals surface area contributed by atoms with Gasteiger partial charge in [0.25, 0.3) is 0 Å². The Labute approximate surface area is 213 Å². The molecule has 3 aliphatic heterocycles. The maximum absolute atomic E-state index is 13.6. The minimum Gasteiger partial charge on any atom is -0.466 e. The number of amides is 1. The number of rotatable bonds is 8. The molecule has 6 unspecified atom stereocenters. The van der Waals surface area contributed by atoms with Crippen LogP contribution in [0.15, 0.2) is 0 Å². The van der Waals surface area contributed by atoms with Crippen LogP contribution in [0.25, 0.3) is 0 Å². The first-order valence-corrected chi connectivity index (χ1v) is 13.5. The van der Waals surface area contributed by atoms with Crippen molar-refractivity contribution in [3.63, 3.8) is 0 Å². The number of piperidine rings is 1. The van der Waals surface area contributed by atoms with E-state index in [2.05, 4.69) is 31.5 Å². The number of hydrogen-bond donors (Lipinski definition) is 6. The molecule has 0 aromatic heterocycles. The molecule has 0 aromatic carbocycles. The second kappa shape index (κ2) is 12.9. The monoisotopic (exact) mass is 513 g/mol. The van der Waals surface area contributed by atoms with Crippen molar-refractivity contribution < 1.29 is 23.5 Å². The molecule has 1 aliphatic carbocycles. The van der Waals surface area contributed by atoms with Crippen molar-refractivity contribution in [1.82, 2.24) is 31.5 Å².